The van der Waals surface area contributed by atoms with Crippen molar-refractivity contribution in [3.63, 3.8) is 0 Å². The number of methoxy groups -OCH3 is 2. The Bertz CT molecular complexity index is 933. The summed E-state index contributed by atoms with van der Waals surface area (Å²) in [5.41, 5.74) is 3.80. The highest BCUT2D eigenvalue weighted by atomic mass is 79.9. The van der Waals surface area contributed by atoms with Crippen molar-refractivity contribution < 1.29 is 9.47 Å². The summed E-state index contributed by atoms with van der Waals surface area (Å²) in [7, 11) is 7.41. The zero-order valence-electron chi connectivity index (χ0n) is 15.9. The van der Waals surface area contributed by atoms with Crippen LogP contribution in [0.25, 0.3) is 11.0 Å². The molecule has 0 aliphatic heterocycles. The van der Waals surface area contributed by atoms with E-state index in [4.69, 9.17) is 9.47 Å². The Morgan fingerprint density at radius 1 is 1.07 bits per heavy atom. The van der Waals surface area contributed by atoms with Crippen LogP contribution >= 0.6 is 15.9 Å². The summed E-state index contributed by atoms with van der Waals surface area (Å²) in [6.07, 6.45) is 3.58. The van der Waals surface area contributed by atoms with Crippen LogP contribution in [0.4, 0.5) is 5.69 Å². The highest BCUT2D eigenvalue weighted by molar-refractivity contribution is 9.10. The van der Waals surface area contributed by atoms with Gasteiger partial charge in [-0.05, 0) is 59.9 Å². The molecule has 0 amide bonds. The van der Waals surface area contributed by atoms with Gasteiger partial charge in [-0.15, -0.1) is 0 Å². The number of anilines is 1. The van der Waals surface area contributed by atoms with E-state index >= 15 is 0 Å². The third-order valence-electron chi connectivity index (χ3n) is 4.45. The van der Waals surface area contributed by atoms with Crippen LogP contribution in [0.1, 0.15) is 11.6 Å². The largest absolute Gasteiger partial charge is 0.493 e. The van der Waals surface area contributed by atoms with Gasteiger partial charge in [0.25, 0.3) is 0 Å². The summed E-state index contributed by atoms with van der Waals surface area (Å²) >= 11 is 3.44. The van der Waals surface area contributed by atoms with Gasteiger partial charge in [-0.1, -0.05) is 6.07 Å². The van der Waals surface area contributed by atoms with E-state index in [-0.39, 0.29) is 6.04 Å². The van der Waals surface area contributed by atoms with E-state index in [1.807, 2.05) is 24.3 Å². The maximum atomic E-state index is 5.45. The molecular formula is C20H23BrN4O2. The predicted octanol–water partition coefficient (Wildman–Crippen LogP) is 4.12. The van der Waals surface area contributed by atoms with E-state index in [1.165, 1.54) is 0 Å². The van der Waals surface area contributed by atoms with Crippen molar-refractivity contribution in [2.45, 2.75) is 6.04 Å². The number of fused-ring (bicyclic) bond motifs is 1. The molecule has 2 aromatic heterocycles. The second-order valence-corrected chi connectivity index (χ2v) is 7.27. The van der Waals surface area contributed by atoms with Crippen molar-refractivity contribution in [1.82, 2.24) is 14.9 Å². The number of aromatic nitrogens is 2. The van der Waals surface area contributed by atoms with Crippen LogP contribution in [-0.4, -0.2) is 49.7 Å². The van der Waals surface area contributed by atoms with Crippen LogP contribution < -0.4 is 14.8 Å². The van der Waals surface area contributed by atoms with Crippen molar-refractivity contribution in [3.8, 4) is 11.5 Å². The molecule has 0 spiro atoms. The SMILES string of the molecule is COc1ccc(C(CNc2ccnc3cc(Br)cnc23)N(C)C)cc1OC. The maximum Gasteiger partial charge on any atom is 0.161 e. The van der Waals surface area contributed by atoms with E-state index in [0.29, 0.717) is 6.54 Å². The van der Waals surface area contributed by atoms with Crippen LogP contribution in [0, 0.1) is 0 Å². The first kappa shape index (κ1) is 19.4. The number of hydrogen-bond acceptors (Lipinski definition) is 6. The molecule has 0 saturated carbocycles. The number of pyridine rings is 2. The smallest absolute Gasteiger partial charge is 0.161 e. The third kappa shape index (κ3) is 4.31. The number of ether oxygens (including phenoxy) is 2. The first-order valence-corrected chi connectivity index (χ1v) is 9.35. The van der Waals surface area contributed by atoms with Crippen LogP contribution in [0.15, 0.2) is 47.2 Å². The minimum absolute atomic E-state index is 0.142. The lowest BCUT2D eigenvalue weighted by molar-refractivity contribution is 0.308. The van der Waals surface area contributed by atoms with Crippen molar-refractivity contribution in [2.24, 2.45) is 0 Å². The Kier molecular flexibility index (Phi) is 6.13. The molecule has 0 aliphatic carbocycles. The molecule has 27 heavy (non-hydrogen) atoms. The van der Waals surface area contributed by atoms with Gasteiger partial charge in [-0.3, -0.25) is 9.97 Å². The molecule has 1 unspecified atom stereocenters. The highest BCUT2D eigenvalue weighted by Crippen LogP contribution is 2.32. The first-order valence-electron chi connectivity index (χ1n) is 8.56. The zero-order chi connectivity index (χ0) is 19.4. The van der Waals surface area contributed by atoms with Crippen LogP contribution in [0.3, 0.4) is 0 Å². The van der Waals surface area contributed by atoms with Gasteiger partial charge in [0, 0.05) is 23.4 Å². The standard InChI is InChI=1S/C20H23BrN4O2/c1-25(2)17(13-5-6-18(26-3)19(9-13)27-4)12-23-15-7-8-22-16-10-14(21)11-24-20(15)16/h5-11,17H,12H2,1-4H3,(H,22,23). The van der Waals surface area contributed by atoms with E-state index in [2.05, 4.69) is 56.3 Å². The molecule has 0 bridgehead atoms. The maximum absolute atomic E-state index is 5.45. The van der Waals surface area contributed by atoms with Crippen molar-refractivity contribution >= 4 is 32.7 Å². The molecule has 6 nitrogen and oxygen atoms in total. The van der Waals surface area contributed by atoms with Crippen LogP contribution in [-0.2, 0) is 0 Å². The number of rotatable bonds is 7. The van der Waals surface area contributed by atoms with Crippen molar-refractivity contribution in [1.29, 1.82) is 0 Å². The lowest BCUT2D eigenvalue weighted by atomic mass is 10.0. The van der Waals surface area contributed by atoms with E-state index in [0.717, 1.165) is 38.3 Å². The van der Waals surface area contributed by atoms with Gasteiger partial charge in [-0.25, -0.2) is 0 Å². The van der Waals surface area contributed by atoms with Gasteiger partial charge >= 0.3 is 0 Å². The molecule has 0 saturated heterocycles. The van der Waals surface area contributed by atoms with Crippen molar-refractivity contribution in [2.75, 3.05) is 40.2 Å². The fraction of sp³-hybridized carbons (Fsp3) is 0.300. The minimum Gasteiger partial charge on any atom is -0.493 e. The summed E-state index contributed by atoms with van der Waals surface area (Å²) in [5, 5.41) is 3.52. The Balaban J connectivity index is 1.86. The second kappa shape index (κ2) is 8.54. The monoisotopic (exact) mass is 430 g/mol. The number of nitrogens with zero attached hydrogens (tertiary/aromatic N) is 3. The summed E-state index contributed by atoms with van der Waals surface area (Å²) in [5.74, 6) is 1.45. The number of nitrogens with one attached hydrogen (secondary N) is 1. The predicted molar refractivity (Wildman–Crippen MR) is 112 cm³/mol. The molecule has 1 aromatic carbocycles. The van der Waals surface area contributed by atoms with Crippen LogP contribution in [0.5, 0.6) is 11.5 Å². The summed E-state index contributed by atoms with van der Waals surface area (Å²) in [4.78, 5) is 11.1. The quantitative estimate of drug-likeness (QED) is 0.607. The number of hydrogen-bond donors (Lipinski definition) is 1. The van der Waals surface area contributed by atoms with Gasteiger partial charge in [0.05, 0.1) is 31.5 Å². The Morgan fingerprint density at radius 3 is 2.56 bits per heavy atom. The zero-order valence-corrected chi connectivity index (χ0v) is 17.4. The Morgan fingerprint density at radius 2 is 1.85 bits per heavy atom. The van der Waals surface area contributed by atoms with Crippen LogP contribution in [0.2, 0.25) is 0 Å². The summed E-state index contributed by atoms with van der Waals surface area (Å²) in [6.45, 7) is 0.708. The van der Waals surface area contributed by atoms with Gasteiger partial charge in [0.2, 0.25) is 0 Å². The second-order valence-electron chi connectivity index (χ2n) is 6.35. The molecule has 1 N–H and O–H groups in total. The first-order chi connectivity index (χ1) is 13.0. The Hall–Kier alpha value is -2.38. The van der Waals surface area contributed by atoms with E-state index in [9.17, 15) is 0 Å². The molecular weight excluding hydrogens is 408 g/mol. The van der Waals surface area contributed by atoms with E-state index < -0.39 is 0 Å². The molecule has 0 aliphatic rings. The molecule has 142 valence electrons. The van der Waals surface area contributed by atoms with E-state index in [1.54, 1.807) is 26.6 Å². The number of likely N-dealkylation sites (N-methyl/N-ethyl adjacent to an activating group) is 1. The summed E-state index contributed by atoms with van der Waals surface area (Å²) < 4.78 is 11.7. The molecule has 1 atom stereocenters. The topological polar surface area (TPSA) is 59.5 Å². The van der Waals surface area contributed by atoms with Gasteiger partial charge in [-0.2, -0.15) is 0 Å². The molecule has 3 aromatic rings. The fourth-order valence-electron chi connectivity index (χ4n) is 3.01. The Labute approximate surface area is 167 Å². The highest BCUT2D eigenvalue weighted by Gasteiger charge is 2.17. The average molecular weight is 431 g/mol. The lowest BCUT2D eigenvalue weighted by Gasteiger charge is -2.26. The number of halogens is 1. The third-order valence-corrected chi connectivity index (χ3v) is 4.88. The molecule has 2 heterocycles. The molecule has 7 heteroatoms. The fourth-order valence-corrected chi connectivity index (χ4v) is 3.33. The molecule has 3 rings (SSSR count). The summed E-state index contributed by atoms with van der Waals surface area (Å²) in [6, 6.07) is 10.1. The normalized spacial score (nSPS) is 12.2. The van der Waals surface area contributed by atoms with Gasteiger partial charge < -0.3 is 19.7 Å². The van der Waals surface area contributed by atoms with Gasteiger partial charge in [0.15, 0.2) is 11.5 Å². The van der Waals surface area contributed by atoms with Crippen molar-refractivity contribution in [3.05, 3.63) is 52.8 Å². The lowest BCUT2D eigenvalue weighted by Crippen LogP contribution is -2.27. The minimum atomic E-state index is 0.142. The number of benzene rings is 1. The molecule has 0 radical (unpaired) electrons. The van der Waals surface area contributed by atoms with Gasteiger partial charge in [0.1, 0.15) is 5.52 Å². The molecule has 0 fully saturated rings. The average Bonchev–Trinajstić information content (AvgIpc) is 2.67.